The molecule has 0 N–H and O–H groups in total. The number of sulfonamides is 1. The van der Waals surface area contributed by atoms with Crippen LogP contribution in [0.15, 0.2) is 48.5 Å². The fourth-order valence-corrected chi connectivity index (χ4v) is 3.74. The van der Waals surface area contributed by atoms with Gasteiger partial charge in [0, 0.05) is 12.1 Å². The number of hydrogen-bond acceptors (Lipinski definition) is 6. The minimum absolute atomic E-state index is 0.0141. The van der Waals surface area contributed by atoms with Gasteiger partial charge in [-0.3, -0.25) is 10.1 Å². The maximum Gasteiger partial charge on any atom is 0.433 e. The van der Waals surface area contributed by atoms with Crippen LogP contribution < -0.4 is 9.04 Å². The van der Waals surface area contributed by atoms with E-state index < -0.39 is 21.0 Å². The molecule has 1 heterocycles. The van der Waals surface area contributed by atoms with Crippen molar-refractivity contribution in [2.75, 3.05) is 4.31 Å². The average molecular weight is 334 g/mol. The largest absolute Gasteiger partial charge is 0.433 e. The molecule has 3 rings (SSSR count). The number of nitro benzene ring substituents is 1. The lowest BCUT2D eigenvalue weighted by molar-refractivity contribution is -0.384. The Morgan fingerprint density at radius 1 is 1.13 bits per heavy atom. The van der Waals surface area contributed by atoms with Crippen molar-refractivity contribution >= 4 is 27.5 Å². The van der Waals surface area contributed by atoms with Crippen LogP contribution in [0.5, 0.6) is 5.75 Å². The number of anilines is 1. The van der Waals surface area contributed by atoms with E-state index in [4.69, 9.17) is 4.74 Å². The molecule has 0 spiro atoms. The molecule has 0 fully saturated rings. The van der Waals surface area contributed by atoms with Gasteiger partial charge in [-0.15, -0.1) is 0 Å². The second-order valence-electron chi connectivity index (χ2n) is 4.77. The van der Waals surface area contributed by atoms with Crippen LogP contribution in [-0.2, 0) is 15.8 Å². The first-order chi connectivity index (χ1) is 10.9. The third kappa shape index (κ3) is 2.73. The quantitative estimate of drug-likeness (QED) is 0.617. The van der Waals surface area contributed by atoms with Gasteiger partial charge in [0.25, 0.3) is 5.69 Å². The maximum absolute atomic E-state index is 12.2. The van der Waals surface area contributed by atoms with Crippen molar-refractivity contribution in [3.8, 4) is 5.75 Å². The molecule has 0 atom stereocenters. The smallest absolute Gasteiger partial charge is 0.409 e. The Bertz CT molecular complexity index is 892. The highest BCUT2D eigenvalue weighted by molar-refractivity contribution is 7.93. The van der Waals surface area contributed by atoms with Gasteiger partial charge >= 0.3 is 6.09 Å². The monoisotopic (exact) mass is 334 g/mol. The Hall–Kier alpha value is -2.94. The van der Waals surface area contributed by atoms with Crippen LogP contribution in [0.2, 0.25) is 0 Å². The SMILES string of the molecule is O=C(Oc1ccc([N+](=O)[O-])cc1)N1c2ccccc2CS1(=O)=O. The van der Waals surface area contributed by atoms with Gasteiger partial charge in [-0.2, -0.15) is 4.31 Å². The van der Waals surface area contributed by atoms with Gasteiger partial charge in [-0.1, -0.05) is 18.2 Å². The van der Waals surface area contributed by atoms with E-state index in [1.54, 1.807) is 18.2 Å². The van der Waals surface area contributed by atoms with Crippen molar-refractivity contribution in [1.82, 2.24) is 0 Å². The molecule has 0 bridgehead atoms. The van der Waals surface area contributed by atoms with Crippen LogP contribution >= 0.6 is 0 Å². The zero-order valence-electron chi connectivity index (χ0n) is 11.6. The second-order valence-corrected chi connectivity index (χ2v) is 6.59. The van der Waals surface area contributed by atoms with Crippen molar-refractivity contribution in [2.45, 2.75) is 5.75 Å². The third-order valence-corrected chi connectivity index (χ3v) is 4.82. The van der Waals surface area contributed by atoms with Crippen molar-refractivity contribution in [1.29, 1.82) is 0 Å². The van der Waals surface area contributed by atoms with E-state index in [0.29, 0.717) is 9.87 Å². The predicted octanol–water partition coefficient (Wildman–Crippen LogP) is 2.44. The number of fused-ring (bicyclic) bond motifs is 1. The molecule has 0 saturated heterocycles. The Balaban J connectivity index is 1.87. The standard InChI is InChI=1S/C14H10N2O6S/c17-14(22-12-7-5-11(6-8-12)16(18)19)15-13-4-2-1-3-10(13)9-23(15,20)21/h1-8H,9H2. The van der Waals surface area contributed by atoms with E-state index in [-0.39, 0.29) is 22.9 Å². The van der Waals surface area contributed by atoms with Crippen LogP contribution in [0.3, 0.4) is 0 Å². The minimum atomic E-state index is -3.84. The number of ether oxygens (including phenoxy) is 1. The van der Waals surface area contributed by atoms with Gasteiger partial charge in [-0.25, -0.2) is 13.2 Å². The molecular weight excluding hydrogens is 324 g/mol. The molecule has 23 heavy (non-hydrogen) atoms. The normalized spacial score (nSPS) is 15.0. The highest BCUT2D eigenvalue weighted by Gasteiger charge is 2.39. The van der Waals surface area contributed by atoms with Gasteiger partial charge in [0.1, 0.15) is 5.75 Å². The van der Waals surface area contributed by atoms with Crippen molar-refractivity contribution in [2.24, 2.45) is 0 Å². The Morgan fingerprint density at radius 2 is 1.78 bits per heavy atom. The Morgan fingerprint density at radius 3 is 2.43 bits per heavy atom. The van der Waals surface area contributed by atoms with E-state index in [1.807, 2.05) is 0 Å². The first-order valence-corrected chi connectivity index (χ1v) is 8.06. The second kappa shape index (κ2) is 5.36. The molecule has 0 saturated carbocycles. The zero-order chi connectivity index (χ0) is 16.6. The summed E-state index contributed by atoms with van der Waals surface area (Å²) in [6.07, 6.45) is -1.08. The van der Waals surface area contributed by atoms with E-state index >= 15 is 0 Å². The highest BCUT2D eigenvalue weighted by Crippen LogP contribution is 2.34. The first kappa shape index (κ1) is 15.0. The van der Waals surface area contributed by atoms with Crippen LogP contribution in [0, 0.1) is 10.1 Å². The molecule has 2 aromatic carbocycles. The predicted molar refractivity (Wildman–Crippen MR) is 80.7 cm³/mol. The van der Waals surface area contributed by atoms with Crippen molar-refractivity contribution in [3.63, 3.8) is 0 Å². The molecule has 8 nitrogen and oxygen atoms in total. The summed E-state index contributed by atoms with van der Waals surface area (Å²) in [5.41, 5.74) is 0.594. The Labute approximate surface area is 131 Å². The number of benzene rings is 2. The number of para-hydroxylation sites is 1. The molecule has 0 aliphatic carbocycles. The maximum atomic E-state index is 12.2. The number of nitro groups is 1. The molecule has 0 aromatic heterocycles. The summed E-state index contributed by atoms with van der Waals surface area (Å²) in [5.74, 6) is -0.265. The fourth-order valence-electron chi connectivity index (χ4n) is 2.23. The molecule has 1 amide bonds. The van der Waals surface area contributed by atoms with E-state index in [1.165, 1.54) is 18.2 Å². The lowest BCUT2D eigenvalue weighted by Gasteiger charge is -2.15. The minimum Gasteiger partial charge on any atom is -0.409 e. The van der Waals surface area contributed by atoms with Gasteiger partial charge < -0.3 is 4.74 Å². The summed E-state index contributed by atoms with van der Waals surface area (Å²) in [7, 11) is -3.84. The number of amides is 1. The molecule has 1 aliphatic heterocycles. The topological polar surface area (TPSA) is 107 Å². The molecule has 0 unspecified atom stereocenters. The van der Waals surface area contributed by atoms with Gasteiger partial charge in [-0.05, 0) is 23.8 Å². The fraction of sp³-hybridized carbons (Fsp3) is 0.0714. The van der Waals surface area contributed by atoms with E-state index in [9.17, 15) is 23.3 Å². The van der Waals surface area contributed by atoms with E-state index in [2.05, 4.69) is 0 Å². The molecule has 1 aliphatic rings. The van der Waals surface area contributed by atoms with Gasteiger partial charge in [0.15, 0.2) is 0 Å². The number of non-ortho nitro benzene ring substituents is 1. The highest BCUT2D eigenvalue weighted by atomic mass is 32.2. The molecule has 0 radical (unpaired) electrons. The van der Waals surface area contributed by atoms with Crippen LogP contribution in [0.4, 0.5) is 16.2 Å². The zero-order valence-corrected chi connectivity index (χ0v) is 12.4. The summed E-state index contributed by atoms with van der Waals surface area (Å²) >= 11 is 0. The van der Waals surface area contributed by atoms with Crippen molar-refractivity contribution in [3.05, 3.63) is 64.2 Å². The molecule has 118 valence electrons. The summed E-state index contributed by atoms with van der Waals surface area (Å²) < 4.78 is 29.9. The van der Waals surface area contributed by atoms with Crippen molar-refractivity contribution < 1.29 is 22.9 Å². The molecular formula is C14H10N2O6S. The van der Waals surface area contributed by atoms with Crippen LogP contribution in [-0.4, -0.2) is 19.4 Å². The molecule has 9 heteroatoms. The third-order valence-electron chi connectivity index (χ3n) is 3.25. The molecule has 2 aromatic rings. The number of rotatable bonds is 2. The number of carbonyl (C=O) groups excluding carboxylic acids is 1. The summed E-state index contributed by atoms with van der Waals surface area (Å²) in [6, 6.07) is 11.2. The lowest BCUT2D eigenvalue weighted by Crippen LogP contribution is -2.35. The van der Waals surface area contributed by atoms with Crippen LogP contribution in [0.25, 0.3) is 0 Å². The van der Waals surface area contributed by atoms with Gasteiger partial charge in [0.05, 0.1) is 16.4 Å². The van der Waals surface area contributed by atoms with Crippen LogP contribution in [0.1, 0.15) is 5.56 Å². The Kier molecular flexibility index (Phi) is 3.49. The lowest BCUT2D eigenvalue weighted by atomic mass is 10.2. The number of carbonyl (C=O) groups is 1. The average Bonchev–Trinajstić information content (AvgIpc) is 2.77. The number of hydrogen-bond donors (Lipinski definition) is 0. The summed E-state index contributed by atoms with van der Waals surface area (Å²) in [4.78, 5) is 22.2. The summed E-state index contributed by atoms with van der Waals surface area (Å²) in [6.45, 7) is 0. The number of nitrogens with zero attached hydrogens (tertiary/aromatic N) is 2. The van der Waals surface area contributed by atoms with E-state index in [0.717, 1.165) is 12.1 Å². The first-order valence-electron chi connectivity index (χ1n) is 6.46. The van der Waals surface area contributed by atoms with Gasteiger partial charge in [0.2, 0.25) is 10.0 Å². The summed E-state index contributed by atoms with van der Waals surface area (Å²) in [5, 5.41) is 10.6.